The summed E-state index contributed by atoms with van der Waals surface area (Å²) in [5.74, 6) is -6.09. The van der Waals surface area contributed by atoms with E-state index in [2.05, 4.69) is 5.32 Å². The smallest absolute Gasteiger partial charge is 0.334 e. The van der Waals surface area contributed by atoms with Gasteiger partial charge in [-0.25, -0.2) is 9.93 Å². The number of carbonyl (C=O) groups is 5. The maximum atomic E-state index is 14.2. The molecule has 17 atom stereocenters. The maximum absolute atomic E-state index is 14.2. The van der Waals surface area contributed by atoms with Crippen molar-refractivity contribution in [3.63, 3.8) is 0 Å². The van der Waals surface area contributed by atoms with Gasteiger partial charge >= 0.3 is 11.9 Å². The molecule has 2 heterocycles. The highest BCUT2D eigenvalue weighted by Gasteiger charge is 2.74. The van der Waals surface area contributed by atoms with Crippen molar-refractivity contribution in [1.82, 2.24) is 10.0 Å². The number of amides is 1. The normalized spacial score (nSPS) is 43.8. The molecule has 5 fully saturated rings. The molecule has 4 aliphatic carbocycles. The quantitative estimate of drug-likeness (QED) is 0.0798. The Bertz CT molecular complexity index is 1830. The highest BCUT2D eigenvalue weighted by atomic mass is 32.2. The lowest BCUT2D eigenvalue weighted by Crippen LogP contribution is -2.67. The van der Waals surface area contributed by atoms with Crippen LogP contribution in [0.4, 0.5) is 0 Å². The second-order valence-electron chi connectivity index (χ2n) is 17.3. The zero-order chi connectivity index (χ0) is 43.6. The topological polar surface area (TPSA) is 374 Å². The van der Waals surface area contributed by atoms with Gasteiger partial charge in [-0.15, -0.1) is 0 Å². The van der Waals surface area contributed by atoms with Gasteiger partial charge in [0.25, 0.3) is 10.2 Å². The lowest BCUT2D eigenvalue weighted by Gasteiger charge is -2.61. The Morgan fingerprint density at radius 1 is 1.02 bits per heavy atom. The van der Waals surface area contributed by atoms with E-state index in [1.165, 1.54) is 0 Å². The van der Waals surface area contributed by atoms with Crippen LogP contribution in [0, 0.1) is 28.6 Å². The molecule has 23 heteroatoms. The molecule has 2 saturated heterocycles. The number of nitrogens with two attached hydrogens (primary N) is 2. The van der Waals surface area contributed by atoms with E-state index < -0.39 is 150 Å². The molecule has 59 heavy (non-hydrogen) atoms. The van der Waals surface area contributed by atoms with Crippen LogP contribution in [0.2, 0.25) is 0 Å². The van der Waals surface area contributed by atoms with Gasteiger partial charge in [0.2, 0.25) is 5.91 Å². The van der Waals surface area contributed by atoms with Crippen LogP contribution in [0.3, 0.4) is 0 Å². The number of hydrogen-bond donors (Lipinski definition) is 11. The molecule has 0 spiro atoms. The van der Waals surface area contributed by atoms with Gasteiger partial charge < -0.3 is 65.7 Å². The zero-order valence-corrected chi connectivity index (χ0v) is 33.2. The second-order valence-corrected chi connectivity index (χ2v) is 18.6. The number of Topliss-reactive ketones (excluding diaryl/α,β-unsaturated/α-hetero) is 1. The van der Waals surface area contributed by atoms with Crippen molar-refractivity contribution in [3.8, 4) is 0 Å². The van der Waals surface area contributed by atoms with Gasteiger partial charge in [0.05, 0.1) is 24.7 Å². The monoisotopic (exact) mass is 862 g/mol. The molecule has 3 saturated carbocycles. The Labute approximate surface area is 338 Å². The van der Waals surface area contributed by atoms with E-state index in [-0.39, 0.29) is 30.5 Å². The summed E-state index contributed by atoms with van der Waals surface area (Å²) in [7, 11) is -4.49. The number of ether oxygens (including phenoxy) is 4. The molecule has 0 aromatic heterocycles. The Morgan fingerprint density at radius 2 is 1.71 bits per heavy atom. The summed E-state index contributed by atoms with van der Waals surface area (Å²) in [5, 5.41) is 83.2. The Balaban J connectivity index is 1.33. The molecule has 6 rings (SSSR count). The average molecular weight is 863 g/mol. The number of hydrogen-bond acceptors (Lipinski definition) is 17. The first-order valence-electron chi connectivity index (χ1n) is 19.5. The maximum Gasteiger partial charge on any atom is 0.334 e. The van der Waals surface area contributed by atoms with Crippen molar-refractivity contribution in [1.29, 1.82) is 0 Å². The Hall–Kier alpha value is -3.04. The molecule has 332 valence electrons. The summed E-state index contributed by atoms with van der Waals surface area (Å²) < 4.78 is 48.8. The van der Waals surface area contributed by atoms with Gasteiger partial charge in [0.1, 0.15) is 24.9 Å². The summed E-state index contributed by atoms with van der Waals surface area (Å²) in [5.41, 5.74) is 2.46. The van der Waals surface area contributed by atoms with Crippen molar-refractivity contribution in [2.75, 3.05) is 6.61 Å². The number of carbonyl (C=O) groups excluding carboxylic acids is 3. The first-order valence-corrected chi connectivity index (χ1v) is 21.0. The number of aliphatic carboxylic acids is 2. The van der Waals surface area contributed by atoms with Crippen LogP contribution in [-0.4, -0.2) is 153 Å². The first-order chi connectivity index (χ1) is 27.4. The van der Waals surface area contributed by atoms with Gasteiger partial charge in [0.15, 0.2) is 42.1 Å². The number of allylic oxidation sites excluding steroid dienone is 1. The SMILES string of the molecule is C[C@]12CCC(=O)C=C1CC[C@@H]1[C@@H]2[C@@H](O)C[C@@]2(C)[C@H]1C[C@@H](O)[C@]2(O[C@@H]1O[C@@H](O)[C@H](O[C@H]2O[C@H](C(=O)O)[C@@H](NS(N)(=O)=O)CC2O)[C@@H]1NC(=O)C[C@H](N)CC(=O)O)C(=O)CO. The van der Waals surface area contributed by atoms with Crippen LogP contribution in [0.1, 0.15) is 71.6 Å². The zero-order valence-electron chi connectivity index (χ0n) is 32.4. The fraction of sp³-hybridized carbons (Fsp3) is 0.806. The minimum atomic E-state index is -4.49. The number of carboxylic acid groups (broad SMARTS) is 2. The minimum absolute atomic E-state index is 0.00405. The van der Waals surface area contributed by atoms with E-state index in [1.54, 1.807) is 13.0 Å². The molecule has 22 nitrogen and oxygen atoms in total. The third-order valence-electron chi connectivity index (χ3n) is 13.7. The largest absolute Gasteiger partial charge is 0.481 e. The summed E-state index contributed by atoms with van der Waals surface area (Å²) in [6, 6.07) is -4.51. The molecule has 6 aliphatic rings. The molecular weight excluding hydrogens is 808 g/mol. The van der Waals surface area contributed by atoms with Gasteiger partial charge in [-0.2, -0.15) is 13.1 Å². The molecule has 1 unspecified atom stereocenters. The number of ketones is 2. The summed E-state index contributed by atoms with van der Waals surface area (Å²) in [6.07, 6.45) is -12.9. The van der Waals surface area contributed by atoms with Gasteiger partial charge in [-0.3, -0.25) is 19.2 Å². The summed E-state index contributed by atoms with van der Waals surface area (Å²) in [4.78, 5) is 63.4. The summed E-state index contributed by atoms with van der Waals surface area (Å²) >= 11 is 0. The van der Waals surface area contributed by atoms with E-state index in [1.807, 2.05) is 11.6 Å². The fourth-order valence-corrected chi connectivity index (χ4v) is 11.9. The highest BCUT2D eigenvalue weighted by molar-refractivity contribution is 7.87. The van der Waals surface area contributed by atoms with E-state index in [0.29, 0.717) is 25.7 Å². The van der Waals surface area contributed by atoms with Crippen molar-refractivity contribution in [2.45, 2.75) is 145 Å². The number of nitrogens with one attached hydrogen (secondary N) is 2. The van der Waals surface area contributed by atoms with Crippen LogP contribution >= 0.6 is 0 Å². The van der Waals surface area contributed by atoms with Gasteiger partial charge in [0, 0.05) is 24.3 Å². The molecule has 0 aromatic rings. The molecule has 2 aliphatic heterocycles. The lowest BCUT2D eigenvalue weighted by atomic mass is 9.45. The van der Waals surface area contributed by atoms with Crippen molar-refractivity contribution >= 4 is 39.6 Å². The molecule has 1 amide bonds. The minimum Gasteiger partial charge on any atom is -0.481 e. The molecule has 0 aromatic carbocycles. The first kappa shape index (κ1) is 45.5. The molecule has 0 bridgehead atoms. The van der Waals surface area contributed by atoms with E-state index in [9.17, 15) is 68.1 Å². The predicted octanol–water partition coefficient (Wildman–Crippen LogP) is -3.76. The fourth-order valence-electron chi connectivity index (χ4n) is 11.2. The summed E-state index contributed by atoms with van der Waals surface area (Å²) in [6.45, 7) is 2.49. The van der Waals surface area contributed by atoms with Gasteiger partial charge in [-0.05, 0) is 67.8 Å². The van der Waals surface area contributed by atoms with Crippen molar-refractivity contribution in [2.24, 2.45) is 39.5 Å². The molecular formula is C36H54N4O18S. The number of rotatable bonds is 14. The Morgan fingerprint density at radius 3 is 2.34 bits per heavy atom. The molecule has 13 N–H and O–H groups in total. The van der Waals surface area contributed by atoms with Crippen molar-refractivity contribution in [3.05, 3.63) is 11.6 Å². The number of fused-ring (bicyclic) bond motifs is 5. The van der Waals surface area contributed by atoms with Crippen LogP contribution < -0.4 is 20.9 Å². The van der Waals surface area contributed by atoms with E-state index >= 15 is 0 Å². The second kappa shape index (κ2) is 16.7. The lowest BCUT2D eigenvalue weighted by molar-refractivity contribution is -0.290. The van der Waals surface area contributed by atoms with Crippen LogP contribution in [0.15, 0.2) is 11.6 Å². The number of aliphatic hydroxyl groups excluding tert-OH is 5. The van der Waals surface area contributed by atoms with Crippen molar-refractivity contribution < 1.29 is 87.1 Å². The third-order valence-corrected chi connectivity index (χ3v) is 14.3. The highest BCUT2D eigenvalue weighted by Crippen LogP contribution is 2.68. The van der Waals surface area contributed by atoms with Crippen LogP contribution in [-0.2, 0) is 53.1 Å². The third kappa shape index (κ3) is 8.34. The number of aliphatic hydroxyl groups is 5. The predicted molar refractivity (Wildman–Crippen MR) is 195 cm³/mol. The van der Waals surface area contributed by atoms with Gasteiger partial charge in [-0.1, -0.05) is 19.4 Å². The van der Waals surface area contributed by atoms with Crippen LogP contribution in [0.5, 0.6) is 0 Å². The van der Waals surface area contributed by atoms with E-state index in [4.69, 9.17) is 29.8 Å². The average Bonchev–Trinajstić information content (AvgIpc) is 3.52. The Kier molecular flexibility index (Phi) is 12.9. The van der Waals surface area contributed by atoms with E-state index in [0.717, 1.165) is 5.57 Å². The standard InChI is InChI=1S/C36H54N4O18S/c1-34-6-5-16(42)7-14(34)3-4-17-18-10-22(45)36(23(46)13-41,35(18,2)12-21(44)26(17)34)58-33-27(39-24(47)8-15(37)9-25(48)49)29(31(52)57-33)56-32-20(43)11-19(40-59(38,53)54)28(55-32)30(50)51/h7,15,17-22,26-29,31-33,40-41,43-45,52H,3-6,8-13,37H2,1-2H3,(H,39,47)(H,48,49)(H,50,51)(H2,38,53,54)/t15-,17-,18-,19-,20?,21-,22+,26+,27-,28-,29+,31+,32+,33-,34-,35-,36-/m0/s1. The van der Waals surface area contributed by atoms with Crippen LogP contribution in [0.25, 0.3) is 0 Å². The number of carboxylic acids is 2. The molecule has 0 radical (unpaired) electrons.